The van der Waals surface area contributed by atoms with Crippen molar-refractivity contribution >= 4 is 11.0 Å². The quantitative estimate of drug-likeness (QED) is 0.463. The van der Waals surface area contributed by atoms with Gasteiger partial charge >= 0.3 is 5.63 Å². The number of fused-ring (bicyclic) bond motifs is 2. The SMILES string of the molecule is CC(CC1COc2ccccc2O1)NCCCOc1ccc2ccc(=O)oc2c1. The molecule has 1 aliphatic rings. The van der Waals surface area contributed by atoms with Crippen LogP contribution in [0.15, 0.2) is 63.8 Å². The minimum atomic E-state index is -0.358. The Labute approximate surface area is 169 Å². The number of ether oxygens (including phenoxy) is 3. The molecule has 2 aromatic carbocycles. The van der Waals surface area contributed by atoms with E-state index < -0.39 is 0 Å². The van der Waals surface area contributed by atoms with Crippen LogP contribution >= 0.6 is 0 Å². The first-order valence-electron chi connectivity index (χ1n) is 9.96. The van der Waals surface area contributed by atoms with Crippen LogP contribution in [-0.2, 0) is 0 Å². The Morgan fingerprint density at radius 1 is 1.14 bits per heavy atom. The molecule has 0 spiro atoms. The molecule has 1 aromatic heterocycles. The van der Waals surface area contributed by atoms with Crippen molar-refractivity contribution in [3.8, 4) is 17.2 Å². The van der Waals surface area contributed by atoms with Gasteiger partial charge in [-0.1, -0.05) is 12.1 Å². The highest BCUT2D eigenvalue weighted by molar-refractivity contribution is 5.77. The normalized spacial score (nSPS) is 16.5. The summed E-state index contributed by atoms with van der Waals surface area (Å²) in [6.45, 7) is 4.15. The smallest absolute Gasteiger partial charge is 0.336 e. The first kappa shape index (κ1) is 19.3. The Morgan fingerprint density at radius 3 is 2.86 bits per heavy atom. The van der Waals surface area contributed by atoms with Gasteiger partial charge in [-0.05, 0) is 50.2 Å². The zero-order valence-electron chi connectivity index (χ0n) is 16.4. The highest BCUT2D eigenvalue weighted by Gasteiger charge is 2.22. The fourth-order valence-electron chi connectivity index (χ4n) is 3.40. The minimum absolute atomic E-state index is 0.0518. The number of rotatable bonds is 8. The van der Waals surface area contributed by atoms with E-state index in [-0.39, 0.29) is 11.7 Å². The first-order chi connectivity index (χ1) is 14.2. The largest absolute Gasteiger partial charge is 0.493 e. The fraction of sp³-hybridized carbons (Fsp3) is 0.348. The topological polar surface area (TPSA) is 69.9 Å². The highest BCUT2D eigenvalue weighted by atomic mass is 16.6. The Balaban J connectivity index is 1.17. The number of benzene rings is 2. The molecular weight excluding hydrogens is 370 g/mol. The Kier molecular flexibility index (Phi) is 6.00. The van der Waals surface area contributed by atoms with Gasteiger partial charge in [0.25, 0.3) is 0 Å². The van der Waals surface area contributed by atoms with Gasteiger partial charge in [0.1, 0.15) is 24.0 Å². The van der Waals surface area contributed by atoms with Gasteiger partial charge in [0.05, 0.1) is 6.61 Å². The minimum Gasteiger partial charge on any atom is -0.493 e. The van der Waals surface area contributed by atoms with Crippen LogP contribution in [0.5, 0.6) is 17.2 Å². The molecule has 3 aromatic rings. The Hall–Kier alpha value is -2.99. The first-order valence-corrected chi connectivity index (χ1v) is 9.96. The number of para-hydroxylation sites is 2. The lowest BCUT2D eigenvalue weighted by molar-refractivity contribution is 0.0780. The molecule has 0 radical (unpaired) electrons. The molecule has 29 heavy (non-hydrogen) atoms. The van der Waals surface area contributed by atoms with Gasteiger partial charge in [0.15, 0.2) is 11.5 Å². The van der Waals surface area contributed by atoms with Crippen molar-refractivity contribution in [1.82, 2.24) is 5.32 Å². The predicted molar refractivity (Wildman–Crippen MR) is 111 cm³/mol. The maximum atomic E-state index is 11.3. The van der Waals surface area contributed by atoms with E-state index in [4.69, 9.17) is 18.6 Å². The van der Waals surface area contributed by atoms with Gasteiger partial charge in [0.2, 0.25) is 0 Å². The van der Waals surface area contributed by atoms with Crippen molar-refractivity contribution in [3.05, 3.63) is 65.0 Å². The van der Waals surface area contributed by atoms with Crippen molar-refractivity contribution in [3.63, 3.8) is 0 Å². The fourth-order valence-corrected chi connectivity index (χ4v) is 3.40. The summed E-state index contributed by atoms with van der Waals surface area (Å²) in [5.74, 6) is 2.33. The molecule has 0 aliphatic carbocycles. The summed E-state index contributed by atoms with van der Waals surface area (Å²) in [7, 11) is 0. The van der Waals surface area contributed by atoms with Crippen LogP contribution in [0.3, 0.4) is 0 Å². The summed E-state index contributed by atoms with van der Waals surface area (Å²) in [4.78, 5) is 11.3. The maximum Gasteiger partial charge on any atom is 0.336 e. The maximum absolute atomic E-state index is 11.3. The summed E-state index contributed by atoms with van der Waals surface area (Å²) in [5.41, 5.74) is 0.182. The molecule has 0 saturated heterocycles. The molecule has 0 saturated carbocycles. The van der Waals surface area contributed by atoms with E-state index in [0.717, 1.165) is 36.3 Å². The third-order valence-corrected chi connectivity index (χ3v) is 4.86. The number of nitrogens with one attached hydrogen (secondary N) is 1. The number of hydrogen-bond donors (Lipinski definition) is 1. The van der Waals surface area contributed by atoms with Gasteiger partial charge in [-0.2, -0.15) is 0 Å². The molecule has 2 heterocycles. The van der Waals surface area contributed by atoms with Crippen molar-refractivity contribution in [1.29, 1.82) is 0 Å². The van der Waals surface area contributed by atoms with Gasteiger partial charge in [-0.25, -0.2) is 4.79 Å². The predicted octanol–water partition coefficient (Wildman–Crippen LogP) is 3.77. The monoisotopic (exact) mass is 395 g/mol. The number of hydrogen-bond acceptors (Lipinski definition) is 6. The molecule has 0 amide bonds. The second-order valence-corrected chi connectivity index (χ2v) is 7.24. The molecule has 2 atom stereocenters. The standard InChI is InChI=1S/C23H25NO5/c1-16(13-19-15-27-20-5-2-3-6-21(20)28-19)24-11-4-12-26-18-9-7-17-8-10-23(25)29-22(17)14-18/h2-3,5-10,14,16,19,24H,4,11-13,15H2,1H3. The molecular formula is C23H25NO5. The second kappa shape index (κ2) is 9.01. The summed E-state index contributed by atoms with van der Waals surface area (Å²) in [5, 5.41) is 4.38. The zero-order chi connectivity index (χ0) is 20.1. The zero-order valence-corrected chi connectivity index (χ0v) is 16.4. The molecule has 1 N–H and O–H groups in total. The van der Waals surface area contributed by atoms with E-state index in [0.29, 0.717) is 30.6 Å². The third kappa shape index (κ3) is 5.09. The van der Waals surface area contributed by atoms with Crippen LogP contribution in [0.4, 0.5) is 0 Å². The molecule has 0 bridgehead atoms. The Morgan fingerprint density at radius 2 is 1.97 bits per heavy atom. The van der Waals surface area contributed by atoms with Crippen molar-refractivity contribution in [2.24, 2.45) is 0 Å². The second-order valence-electron chi connectivity index (χ2n) is 7.24. The van der Waals surface area contributed by atoms with E-state index in [1.165, 1.54) is 6.07 Å². The van der Waals surface area contributed by atoms with Crippen molar-refractivity contribution in [2.75, 3.05) is 19.8 Å². The average Bonchev–Trinajstić information content (AvgIpc) is 2.73. The third-order valence-electron chi connectivity index (χ3n) is 4.86. The van der Waals surface area contributed by atoms with Crippen LogP contribution in [0.1, 0.15) is 19.8 Å². The summed E-state index contributed by atoms with van der Waals surface area (Å²) in [6, 6.07) is 16.8. The van der Waals surface area contributed by atoms with E-state index in [2.05, 4.69) is 12.2 Å². The van der Waals surface area contributed by atoms with Gasteiger partial charge < -0.3 is 23.9 Å². The molecule has 1 aliphatic heterocycles. The summed E-state index contributed by atoms with van der Waals surface area (Å²) < 4.78 is 22.7. The van der Waals surface area contributed by atoms with E-state index in [1.807, 2.05) is 36.4 Å². The van der Waals surface area contributed by atoms with Gasteiger partial charge in [0, 0.05) is 30.0 Å². The van der Waals surface area contributed by atoms with Crippen LogP contribution < -0.4 is 25.2 Å². The lowest BCUT2D eigenvalue weighted by Crippen LogP contribution is -2.37. The molecule has 0 fully saturated rings. The summed E-state index contributed by atoms with van der Waals surface area (Å²) in [6.07, 6.45) is 1.79. The van der Waals surface area contributed by atoms with Gasteiger partial charge in [-0.15, -0.1) is 0 Å². The lowest BCUT2D eigenvalue weighted by Gasteiger charge is -2.28. The molecule has 2 unspecified atom stereocenters. The van der Waals surface area contributed by atoms with Crippen LogP contribution in [0, 0.1) is 0 Å². The van der Waals surface area contributed by atoms with Crippen LogP contribution in [0.2, 0.25) is 0 Å². The van der Waals surface area contributed by atoms with Gasteiger partial charge in [-0.3, -0.25) is 0 Å². The molecule has 4 rings (SSSR count). The van der Waals surface area contributed by atoms with E-state index >= 15 is 0 Å². The van der Waals surface area contributed by atoms with Crippen LogP contribution in [0.25, 0.3) is 11.0 Å². The summed E-state index contributed by atoms with van der Waals surface area (Å²) >= 11 is 0. The molecule has 6 nitrogen and oxygen atoms in total. The molecule has 6 heteroatoms. The Bertz CT molecular complexity index is 1020. The molecule has 152 valence electrons. The average molecular weight is 395 g/mol. The van der Waals surface area contributed by atoms with E-state index in [9.17, 15) is 4.79 Å². The van der Waals surface area contributed by atoms with Crippen molar-refractivity contribution in [2.45, 2.75) is 31.9 Å². The van der Waals surface area contributed by atoms with E-state index in [1.54, 1.807) is 12.1 Å². The van der Waals surface area contributed by atoms with Crippen LogP contribution in [-0.4, -0.2) is 31.9 Å². The lowest BCUT2D eigenvalue weighted by atomic mass is 10.1. The van der Waals surface area contributed by atoms with Crippen molar-refractivity contribution < 1.29 is 18.6 Å². The highest BCUT2D eigenvalue weighted by Crippen LogP contribution is 2.31.